The number of halogens is 5. The molecule has 0 radical (unpaired) electrons. The normalized spacial score (nSPS) is 12.0. The van der Waals surface area contributed by atoms with Crippen molar-refractivity contribution in [2.45, 2.75) is 11.1 Å². The largest absolute Gasteiger partial charge is 0.402 e. The van der Waals surface area contributed by atoms with Gasteiger partial charge in [-0.15, -0.1) is 0 Å². The van der Waals surface area contributed by atoms with Crippen LogP contribution in [-0.4, -0.2) is 27.0 Å². The van der Waals surface area contributed by atoms with E-state index in [0.717, 1.165) is 12.1 Å². The van der Waals surface area contributed by atoms with Crippen LogP contribution in [-0.2, 0) is 10.0 Å². The van der Waals surface area contributed by atoms with E-state index in [1.54, 1.807) is 6.07 Å². The van der Waals surface area contributed by atoms with Crippen molar-refractivity contribution in [3.05, 3.63) is 57.5 Å². The summed E-state index contributed by atoms with van der Waals surface area (Å²) in [7, 11) is -4.31. The van der Waals surface area contributed by atoms with Gasteiger partial charge in [0.2, 0.25) is 10.0 Å². The number of nitrogens with one attached hydrogen (secondary N) is 2. The highest BCUT2D eigenvalue weighted by Gasteiger charge is 2.30. The Hall–Kier alpha value is -1.62. The molecule has 11 heteroatoms. The van der Waals surface area contributed by atoms with Crippen molar-refractivity contribution in [2.24, 2.45) is 0 Å². The number of benzene rings is 2. The van der Waals surface area contributed by atoms with Gasteiger partial charge in [0.25, 0.3) is 5.91 Å². The summed E-state index contributed by atoms with van der Waals surface area (Å²) in [6, 6.07) is 9.37. The van der Waals surface area contributed by atoms with E-state index in [1.807, 2.05) is 0 Å². The molecule has 0 unspecified atom stereocenters. The van der Waals surface area contributed by atoms with Gasteiger partial charge in [-0.3, -0.25) is 4.79 Å². The molecule has 0 aliphatic carbocycles. The Morgan fingerprint density at radius 3 is 2.31 bits per heavy atom. The van der Waals surface area contributed by atoms with Crippen molar-refractivity contribution in [1.82, 2.24) is 4.72 Å². The zero-order valence-corrected chi connectivity index (χ0v) is 15.9. The minimum Gasteiger partial charge on any atom is -0.322 e. The molecule has 0 atom stereocenters. The number of anilines is 1. The van der Waals surface area contributed by atoms with E-state index in [-0.39, 0.29) is 21.2 Å². The molecule has 0 fully saturated rings. The number of hydrogen-bond donors (Lipinski definition) is 2. The fourth-order valence-corrected chi connectivity index (χ4v) is 3.43. The number of carbonyl (C=O) groups excluding carboxylic acids is 1. The Labute approximate surface area is 160 Å². The van der Waals surface area contributed by atoms with Gasteiger partial charge in [-0.25, -0.2) is 13.1 Å². The topological polar surface area (TPSA) is 75.3 Å². The molecule has 0 aliphatic heterocycles. The first-order valence-corrected chi connectivity index (χ1v) is 9.56. The first kappa shape index (κ1) is 20.7. The molecule has 2 N–H and O–H groups in total. The smallest absolute Gasteiger partial charge is 0.322 e. The van der Waals surface area contributed by atoms with Crippen LogP contribution >= 0.6 is 27.5 Å². The minimum atomic E-state index is -4.66. The second-order valence-corrected chi connectivity index (χ2v) is 8.13. The predicted molar refractivity (Wildman–Crippen MR) is 94.8 cm³/mol. The average Bonchev–Trinajstić information content (AvgIpc) is 2.55. The van der Waals surface area contributed by atoms with Gasteiger partial charge in [0, 0.05) is 10.2 Å². The molecule has 5 nitrogen and oxygen atoms in total. The summed E-state index contributed by atoms with van der Waals surface area (Å²) in [4.78, 5) is 11.8. The van der Waals surface area contributed by atoms with Gasteiger partial charge in [0.1, 0.15) is 6.54 Å². The van der Waals surface area contributed by atoms with Gasteiger partial charge in [-0.05, 0) is 42.5 Å². The van der Waals surface area contributed by atoms with Crippen LogP contribution in [0, 0.1) is 0 Å². The first-order valence-electron chi connectivity index (χ1n) is 6.91. The molecule has 140 valence electrons. The van der Waals surface area contributed by atoms with Gasteiger partial charge in [-0.1, -0.05) is 27.5 Å². The summed E-state index contributed by atoms with van der Waals surface area (Å²) in [5.41, 5.74) is 0.449. The van der Waals surface area contributed by atoms with E-state index in [0.29, 0.717) is 4.47 Å². The number of carbonyl (C=O) groups is 1. The monoisotopic (exact) mass is 470 g/mol. The van der Waals surface area contributed by atoms with Crippen LogP contribution in [0.1, 0.15) is 10.4 Å². The molecule has 0 aliphatic rings. The van der Waals surface area contributed by atoms with Crippen LogP contribution in [0.25, 0.3) is 0 Å². The van der Waals surface area contributed by atoms with Crippen molar-refractivity contribution in [2.75, 3.05) is 11.9 Å². The summed E-state index contributed by atoms with van der Waals surface area (Å²) in [6.45, 7) is -1.67. The van der Waals surface area contributed by atoms with Crippen LogP contribution in [0.4, 0.5) is 18.9 Å². The lowest BCUT2D eigenvalue weighted by Crippen LogP contribution is -2.33. The zero-order valence-electron chi connectivity index (χ0n) is 12.8. The summed E-state index contributed by atoms with van der Waals surface area (Å²) < 4.78 is 62.1. The summed E-state index contributed by atoms with van der Waals surface area (Å²) >= 11 is 9.17. The molecule has 1 amide bonds. The Morgan fingerprint density at radius 1 is 1.12 bits per heavy atom. The fraction of sp³-hybridized carbons (Fsp3) is 0.133. The van der Waals surface area contributed by atoms with Gasteiger partial charge < -0.3 is 5.32 Å². The van der Waals surface area contributed by atoms with E-state index in [4.69, 9.17) is 11.6 Å². The average molecular weight is 472 g/mol. The maximum absolute atomic E-state index is 12.2. The number of amides is 1. The first-order chi connectivity index (χ1) is 12.0. The molecular formula is C15H11BrClF3N2O3S. The minimum absolute atomic E-state index is 0.199. The second kappa shape index (κ2) is 7.95. The third-order valence-electron chi connectivity index (χ3n) is 3.06. The van der Waals surface area contributed by atoms with Crippen molar-refractivity contribution in [3.63, 3.8) is 0 Å². The molecular weight excluding hydrogens is 461 g/mol. The fourth-order valence-electron chi connectivity index (χ4n) is 1.85. The Kier molecular flexibility index (Phi) is 6.33. The molecule has 26 heavy (non-hydrogen) atoms. The van der Waals surface area contributed by atoms with E-state index in [2.05, 4.69) is 21.2 Å². The Bertz CT molecular complexity index is 919. The van der Waals surface area contributed by atoms with E-state index in [1.165, 1.54) is 29.0 Å². The standard InChI is InChI=1S/C15H11BrClF3N2O3S/c16-9-1-6-13(17)12(7-9)14(23)22-10-2-4-11(5-3-10)26(24,25)21-8-15(18,19)20/h1-7,21H,8H2,(H,22,23). The van der Waals surface area contributed by atoms with Gasteiger partial charge in [0.15, 0.2) is 0 Å². The highest BCUT2D eigenvalue weighted by Crippen LogP contribution is 2.23. The second-order valence-electron chi connectivity index (χ2n) is 5.04. The molecule has 2 aromatic carbocycles. The van der Waals surface area contributed by atoms with Crippen LogP contribution in [0.5, 0.6) is 0 Å². The third kappa shape index (κ3) is 5.70. The lowest BCUT2D eigenvalue weighted by Gasteiger charge is -2.10. The predicted octanol–water partition coefficient (Wildman–Crippen LogP) is 4.20. The molecule has 0 saturated carbocycles. The van der Waals surface area contributed by atoms with Gasteiger partial charge in [-0.2, -0.15) is 13.2 Å². The summed E-state index contributed by atoms with van der Waals surface area (Å²) in [5, 5.41) is 2.75. The van der Waals surface area contributed by atoms with E-state index >= 15 is 0 Å². The highest BCUT2D eigenvalue weighted by molar-refractivity contribution is 9.10. The highest BCUT2D eigenvalue weighted by atomic mass is 79.9. The zero-order chi connectivity index (χ0) is 19.5. The SMILES string of the molecule is O=C(Nc1ccc(S(=O)(=O)NCC(F)(F)F)cc1)c1cc(Br)ccc1Cl. The molecule has 0 spiro atoms. The van der Waals surface area contributed by atoms with Gasteiger partial charge >= 0.3 is 6.18 Å². The van der Waals surface area contributed by atoms with Crippen molar-refractivity contribution in [3.8, 4) is 0 Å². The lowest BCUT2D eigenvalue weighted by molar-refractivity contribution is -0.121. The quantitative estimate of drug-likeness (QED) is 0.686. The third-order valence-corrected chi connectivity index (χ3v) is 5.30. The van der Waals surface area contributed by atoms with E-state index in [9.17, 15) is 26.4 Å². The number of hydrogen-bond acceptors (Lipinski definition) is 3. The van der Waals surface area contributed by atoms with Crippen LogP contribution < -0.4 is 10.0 Å². The Morgan fingerprint density at radius 2 is 1.73 bits per heavy atom. The number of alkyl halides is 3. The molecule has 0 bridgehead atoms. The van der Waals surface area contributed by atoms with Crippen molar-refractivity contribution < 1.29 is 26.4 Å². The Balaban J connectivity index is 2.12. The van der Waals surface area contributed by atoms with Gasteiger partial charge in [0.05, 0.1) is 15.5 Å². The van der Waals surface area contributed by atoms with Crippen LogP contribution in [0.3, 0.4) is 0 Å². The van der Waals surface area contributed by atoms with Crippen molar-refractivity contribution >= 4 is 49.1 Å². The summed E-state index contributed by atoms with van der Waals surface area (Å²) in [5.74, 6) is -0.526. The maximum atomic E-state index is 12.2. The molecule has 0 saturated heterocycles. The summed E-state index contributed by atoms with van der Waals surface area (Å²) in [6.07, 6.45) is -4.66. The lowest BCUT2D eigenvalue weighted by atomic mass is 10.2. The van der Waals surface area contributed by atoms with E-state index < -0.39 is 28.7 Å². The molecule has 2 aromatic rings. The number of rotatable bonds is 5. The molecule has 2 rings (SSSR count). The molecule has 0 aromatic heterocycles. The molecule has 0 heterocycles. The van der Waals surface area contributed by atoms with Crippen molar-refractivity contribution in [1.29, 1.82) is 0 Å². The van der Waals surface area contributed by atoms with Crippen LogP contribution in [0.2, 0.25) is 5.02 Å². The maximum Gasteiger partial charge on any atom is 0.402 e. The number of sulfonamides is 1. The van der Waals surface area contributed by atoms with Crippen LogP contribution in [0.15, 0.2) is 51.8 Å².